The summed E-state index contributed by atoms with van der Waals surface area (Å²) in [6.45, 7) is 7.06. The maximum atomic E-state index is 12.6. The van der Waals surface area contributed by atoms with Crippen LogP contribution in [0.4, 0.5) is 0 Å². The molecule has 0 aromatic rings. The normalized spacial score (nSPS) is 44.0. The zero-order valence-electron chi connectivity index (χ0n) is 36.1. The predicted molar refractivity (Wildman–Crippen MR) is 229 cm³/mol. The second kappa shape index (κ2) is 27.2. The molecule has 0 spiro atoms. The fraction of sp³-hybridized carbons (Fsp3) is 0.660. The van der Waals surface area contributed by atoms with Crippen LogP contribution in [-0.4, -0.2) is 132 Å². The Balaban J connectivity index is 1.77. The molecule has 3 aliphatic rings. The minimum Gasteiger partial charge on any atom is -0.462 e. The van der Waals surface area contributed by atoms with Crippen LogP contribution in [0.2, 0.25) is 0 Å². The summed E-state index contributed by atoms with van der Waals surface area (Å²) in [7, 11) is 0. The van der Waals surface area contributed by atoms with Crippen molar-refractivity contribution >= 4 is 12.3 Å². The van der Waals surface area contributed by atoms with E-state index in [0.29, 0.717) is 12.8 Å². The third-order valence-corrected chi connectivity index (χ3v) is 11.6. The van der Waals surface area contributed by atoms with Gasteiger partial charge in [-0.3, -0.25) is 4.79 Å². The molecule has 2 bridgehead atoms. The van der Waals surface area contributed by atoms with Gasteiger partial charge in [0.15, 0.2) is 12.1 Å². The number of esters is 1. The zero-order chi connectivity index (χ0) is 45.0. The van der Waals surface area contributed by atoms with Gasteiger partial charge in [-0.2, -0.15) is 0 Å². The molecular formula is C47H72O14. The van der Waals surface area contributed by atoms with Crippen molar-refractivity contribution in [3.05, 3.63) is 85.1 Å². The Kier molecular flexibility index (Phi) is 23.2. The highest BCUT2D eigenvalue weighted by atomic mass is 16.7. The van der Waals surface area contributed by atoms with E-state index in [9.17, 15) is 50.4 Å². The van der Waals surface area contributed by atoms with E-state index in [1.165, 1.54) is 0 Å². The quantitative estimate of drug-likeness (QED) is 0.148. The molecule has 3 heterocycles. The lowest BCUT2D eigenvalue weighted by atomic mass is 9.85. The first-order valence-corrected chi connectivity index (χ1v) is 21.8. The van der Waals surface area contributed by atoms with Gasteiger partial charge in [0.05, 0.1) is 67.5 Å². The lowest BCUT2D eigenvalue weighted by Crippen LogP contribution is -2.49. The summed E-state index contributed by atoms with van der Waals surface area (Å²) in [6, 6.07) is 0. The van der Waals surface area contributed by atoms with Gasteiger partial charge < -0.3 is 64.6 Å². The molecule has 8 N–H and O–H groups in total. The smallest absolute Gasteiger partial charge is 0.308 e. The van der Waals surface area contributed by atoms with Crippen molar-refractivity contribution in [1.82, 2.24) is 0 Å². The summed E-state index contributed by atoms with van der Waals surface area (Å²) in [5.74, 6) is -3.77. The number of hydrogen-bond acceptors (Lipinski definition) is 14. The van der Waals surface area contributed by atoms with Crippen LogP contribution in [0.1, 0.15) is 98.3 Å². The third-order valence-electron chi connectivity index (χ3n) is 11.6. The summed E-state index contributed by atoms with van der Waals surface area (Å²) in [6.07, 6.45) is 15.7. The number of fused-ring (bicyclic) bond motifs is 2. The van der Waals surface area contributed by atoms with Crippen LogP contribution < -0.4 is 0 Å². The molecule has 14 nitrogen and oxygen atoms in total. The van der Waals surface area contributed by atoms with Crippen LogP contribution in [0.15, 0.2) is 85.1 Å². The zero-order valence-corrected chi connectivity index (χ0v) is 36.1. The highest BCUT2D eigenvalue weighted by Gasteiger charge is 2.43. The molecule has 0 aliphatic carbocycles. The van der Waals surface area contributed by atoms with Crippen molar-refractivity contribution in [2.45, 2.75) is 178 Å². The number of carbonyl (C=O) groups is 2. The second-order valence-electron chi connectivity index (χ2n) is 16.9. The number of ether oxygens (including phenoxy) is 4. The molecule has 0 aromatic heterocycles. The molecule has 16 atom stereocenters. The number of hydrogen-bond donors (Lipinski definition) is 8. The van der Waals surface area contributed by atoms with Crippen LogP contribution in [0.25, 0.3) is 0 Å². The Morgan fingerprint density at radius 2 is 1.25 bits per heavy atom. The number of cyclic esters (lactones) is 1. The Morgan fingerprint density at radius 1 is 0.656 bits per heavy atom. The third kappa shape index (κ3) is 19.4. The van der Waals surface area contributed by atoms with Crippen molar-refractivity contribution in [1.29, 1.82) is 0 Å². The van der Waals surface area contributed by atoms with Crippen molar-refractivity contribution in [3.63, 3.8) is 0 Å². The van der Waals surface area contributed by atoms with Crippen LogP contribution in [-0.2, 0) is 28.5 Å². The van der Waals surface area contributed by atoms with Crippen LogP contribution in [0.5, 0.6) is 0 Å². The highest BCUT2D eigenvalue weighted by Crippen LogP contribution is 2.37. The Labute approximate surface area is 361 Å². The van der Waals surface area contributed by atoms with Gasteiger partial charge in [0, 0.05) is 49.9 Å². The molecule has 0 saturated carbocycles. The minimum absolute atomic E-state index is 0.0225. The summed E-state index contributed by atoms with van der Waals surface area (Å²) >= 11 is 0. The van der Waals surface area contributed by atoms with E-state index >= 15 is 0 Å². The van der Waals surface area contributed by atoms with Gasteiger partial charge in [-0.05, 0) is 46.0 Å². The number of rotatable bonds is 3. The molecular weight excluding hydrogens is 789 g/mol. The van der Waals surface area contributed by atoms with E-state index < -0.39 is 97.0 Å². The van der Waals surface area contributed by atoms with Gasteiger partial charge in [0.2, 0.25) is 0 Å². The van der Waals surface area contributed by atoms with Crippen LogP contribution in [0.3, 0.4) is 0 Å². The number of aliphatic hydroxyl groups is 8. The molecule has 3 aliphatic heterocycles. The maximum absolute atomic E-state index is 12.6. The van der Waals surface area contributed by atoms with E-state index in [1.807, 2.05) is 79.8 Å². The van der Waals surface area contributed by atoms with Crippen molar-refractivity contribution in [3.8, 4) is 0 Å². The summed E-state index contributed by atoms with van der Waals surface area (Å²) < 4.78 is 23.8. The van der Waals surface area contributed by atoms with Crippen LogP contribution >= 0.6 is 0 Å². The van der Waals surface area contributed by atoms with E-state index in [1.54, 1.807) is 32.9 Å². The topological polar surface area (TPSA) is 233 Å². The molecule has 344 valence electrons. The standard InChI is InChI=1S/C47H72O14/c1-31-17-15-13-11-9-7-5-6-8-10-12-14-16-18-39(60-45-22-21-40(52)34(4)59-45)28-43-35(30-48)23-24-47(57,61-43)29-38(51)26-42(54)41(53)20-19-36(49)25-37(50)27-44(55)58-33(3)32(2)46(31)56/h5-18,30-43,45-46,49-54,56-57H,19-29H2,1-4H3/b6-5+,9-7+,10-8+,13-11+,14-12+,17-15+,18-16+/t31-,32-,33-,34+,35?,36?,37?,38?,39?,40-,41?,42?,43?,45-,46?,47?/m0/s1. The van der Waals surface area contributed by atoms with Crippen LogP contribution in [0, 0.1) is 17.8 Å². The second-order valence-corrected chi connectivity index (χ2v) is 16.9. The Bertz CT molecular complexity index is 1510. The fourth-order valence-electron chi connectivity index (χ4n) is 7.63. The average Bonchev–Trinajstić information content (AvgIpc) is 3.19. The molecule has 10 unspecified atom stereocenters. The van der Waals surface area contributed by atoms with Gasteiger partial charge >= 0.3 is 5.97 Å². The van der Waals surface area contributed by atoms with Crippen molar-refractivity contribution < 1.29 is 69.4 Å². The molecule has 3 rings (SSSR count). The first-order valence-electron chi connectivity index (χ1n) is 21.8. The first-order chi connectivity index (χ1) is 29.0. The van der Waals surface area contributed by atoms with E-state index in [2.05, 4.69) is 0 Å². The monoisotopic (exact) mass is 860 g/mol. The largest absolute Gasteiger partial charge is 0.462 e. The number of aldehydes is 1. The van der Waals surface area contributed by atoms with Crippen molar-refractivity contribution in [2.75, 3.05) is 0 Å². The van der Waals surface area contributed by atoms with Crippen molar-refractivity contribution in [2.24, 2.45) is 17.8 Å². The van der Waals surface area contributed by atoms with E-state index in [4.69, 9.17) is 18.9 Å². The lowest BCUT2D eigenvalue weighted by molar-refractivity contribution is -0.283. The number of carbonyl (C=O) groups excluding carboxylic acids is 2. The van der Waals surface area contributed by atoms with Gasteiger partial charge in [-0.25, -0.2) is 0 Å². The SMILES string of the molecule is C[C@@H]1OC(=O)CC(O)CC(O)CCC(O)C(O)CC(O)CC2(O)CCC(C=O)C(CC(O[C@H]3CC[C@H](O)[C@@H](C)O3)/C=C/C=C/C=C/C=C/C=C/C=C/C=C/[C@H](C)C(O)[C@H]1C)O2. The Hall–Kier alpha value is -3.12. The summed E-state index contributed by atoms with van der Waals surface area (Å²) in [5.41, 5.74) is 0. The predicted octanol–water partition coefficient (Wildman–Crippen LogP) is 3.95. The molecule has 14 heteroatoms. The van der Waals surface area contributed by atoms with E-state index in [0.717, 1.165) is 6.29 Å². The summed E-state index contributed by atoms with van der Waals surface area (Å²) in [5, 5.41) is 85.9. The molecule has 0 amide bonds. The molecule has 2 fully saturated rings. The Morgan fingerprint density at radius 3 is 1.85 bits per heavy atom. The van der Waals surface area contributed by atoms with Gasteiger partial charge in [-0.15, -0.1) is 0 Å². The maximum Gasteiger partial charge on any atom is 0.308 e. The van der Waals surface area contributed by atoms with Gasteiger partial charge in [0.25, 0.3) is 0 Å². The number of allylic oxidation sites excluding steroid dienone is 12. The fourth-order valence-corrected chi connectivity index (χ4v) is 7.63. The van der Waals surface area contributed by atoms with E-state index in [-0.39, 0.29) is 63.7 Å². The van der Waals surface area contributed by atoms with Gasteiger partial charge in [0.1, 0.15) is 12.4 Å². The lowest BCUT2D eigenvalue weighted by Gasteiger charge is -2.42. The summed E-state index contributed by atoms with van der Waals surface area (Å²) in [4.78, 5) is 24.8. The molecule has 61 heavy (non-hydrogen) atoms. The first kappa shape index (κ1) is 52.2. The minimum atomic E-state index is -1.85. The molecule has 2 saturated heterocycles. The molecule has 0 aromatic carbocycles. The highest BCUT2D eigenvalue weighted by molar-refractivity contribution is 5.70. The molecule has 0 radical (unpaired) electrons. The number of aliphatic hydroxyl groups excluding tert-OH is 7. The average molecular weight is 861 g/mol. The van der Waals surface area contributed by atoms with Gasteiger partial charge in [-0.1, -0.05) is 98.9 Å².